The summed E-state index contributed by atoms with van der Waals surface area (Å²) in [5.74, 6) is 1.01. The van der Waals surface area contributed by atoms with E-state index in [4.69, 9.17) is 0 Å². The molecule has 6 nitrogen and oxygen atoms in total. The number of nitrogens with zero attached hydrogens (tertiary/aromatic N) is 3. The van der Waals surface area contributed by atoms with E-state index in [1.54, 1.807) is 25.3 Å². The molecule has 0 bridgehead atoms. The molecule has 2 heterocycles. The molecule has 1 aromatic heterocycles. The highest BCUT2D eigenvalue weighted by Gasteiger charge is 2.17. The molecule has 24 heavy (non-hydrogen) atoms. The van der Waals surface area contributed by atoms with Crippen molar-refractivity contribution in [2.45, 2.75) is 20.4 Å². The number of aliphatic imine (C=N–C) groups is 1. The number of aryl methyl sites for hydroxylation is 1. The first-order valence-electron chi connectivity index (χ1n) is 8.05. The van der Waals surface area contributed by atoms with Crippen LogP contribution in [0.4, 0.5) is 0 Å². The average Bonchev–Trinajstić information content (AvgIpc) is 2.96. The van der Waals surface area contributed by atoms with Crippen LogP contribution in [0.25, 0.3) is 0 Å². The highest BCUT2D eigenvalue weighted by molar-refractivity contribution is 14.0. The van der Waals surface area contributed by atoms with Crippen molar-refractivity contribution < 1.29 is 4.79 Å². The minimum Gasteiger partial charge on any atom is -0.355 e. The molecule has 1 aromatic rings. The van der Waals surface area contributed by atoms with Crippen LogP contribution in [0.3, 0.4) is 0 Å². The smallest absolute Gasteiger partial charge is 0.219 e. The third-order valence-corrected chi connectivity index (χ3v) is 5.17. The molecule has 1 amide bonds. The maximum atomic E-state index is 11.3. The van der Waals surface area contributed by atoms with Crippen molar-refractivity contribution in [1.29, 1.82) is 0 Å². The van der Waals surface area contributed by atoms with E-state index in [9.17, 15) is 4.79 Å². The molecular weight excluding hydrogens is 437 g/mol. The van der Waals surface area contributed by atoms with Gasteiger partial charge in [0, 0.05) is 58.1 Å². The third kappa shape index (κ3) is 6.56. The molecule has 0 spiro atoms. The summed E-state index contributed by atoms with van der Waals surface area (Å²) in [6, 6.07) is 2.14. The van der Waals surface area contributed by atoms with Crippen LogP contribution in [-0.2, 0) is 11.3 Å². The zero-order valence-corrected chi connectivity index (χ0v) is 17.8. The van der Waals surface area contributed by atoms with E-state index in [2.05, 4.69) is 38.9 Å². The van der Waals surface area contributed by atoms with Crippen LogP contribution in [0.1, 0.15) is 17.4 Å². The van der Waals surface area contributed by atoms with Gasteiger partial charge in [-0.05, 0) is 23.9 Å². The number of carbonyl (C=O) groups is 1. The first-order chi connectivity index (χ1) is 11.1. The summed E-state index contributed by atoms with van der Waals surface area (Å²) in [6.07, 6.45) is 0. The first kappa shape index (κ1) is 21.2. The second-order valence-electron chi connectivity index (χ2n) is 5.73. The van der Waals surface area contributed by atoms with E-state index in [1.807, 2.05) is 4.90 Å². The van der Waals surface area contributed by atoms with E-state index in [1.165, 1.54) is 10.4 Å². The number of thiophene rings is 1. The minimum atomic E-state index is 0. The Morgan fingerprint density at radius 1 is 1.29 bits per heavy atom. The summed E-state index contributed by atoms with van der Waals surface area (Å²) >= 11 is 1.77. The topological polar surface area (TPSA) is 60.0 Å². The summed E-state index contributed by atoms with van der Waals surface area (Å²) in [4.78, 5) is 21.2. The van der Waals surface area contributed by atoms with Gasteiger partial charge in [0.2, 0.25) is 5.91 Å². The summed E-state index contributed by atoms with van der Waals surface area (Å²) < 4.78 is 0. The van der Waals surface area contributed by atoms with Gasteiger partial charge >= 0.3 is 0 Å². The van der Waals surface area contributed by atoms with E-state index in [0.717, 1.165) is 51.8 Å². The van der Waals surface area contributed by atoms with Crippen LogP contribution in [0.2, 0.25) is 0 Å². The molecule has 8 heteroatoms. The second kappa shape index (κ2) is 10.9. The Morgan fingerprint density at radius 2 is 2.00 bits per heavy atom. The molecule has 0 radical (unpaired) electrons. The van der Waals surface area contributed by atoms with Gasteiger partial charge in [0.1, 0.15) is 0 Å². The molecule has 0 unspecified atom stereocenters. The van der Waals surface area contributed by atoms with Gasteiger partial charge in [-0.1, -0.05) is 0 Å². The fourth-order valence-electron chi connectivity index (χ4n) is 2.59. The number of nitrogens with one attached hydrogen (secondary N) is 2. The Balaban J connectivity index is 0.00000288. The van der Waals surface area contributed by atoms with E-state index in [-0.39, 0.29) is 29.9 Å². The molecule has 1 saturated heterocycles. The third-order valence-electron chi connectivity index (χ3n) is 4.15. The van der Waals surface area contributed by atoms with Gasteiger partial charge in [-0.15, -0.1) is 35.3 Å². The Bertz CT molecular complexity index is 540. The van der Waals surface area contributed by atoms with E-state index in [0.29, 0.717) is 0 Å². The van der Waals surface area contributed by atoms with Gasteiger partial charge in [-0.3, -0.25) is 14.7 Å². The zero-order chi connectivity index (χ0) is 16.7. The van der Waals surface area contributed by atoms with Crippen molar-refractivity contribution in [1.82, 2.24) is 20.4 Å². The highest BCUT2D eigenvalue weighted by Crippen LogP contribution is 2.14. The number of carbonyl (C=O) groups excluding carboxylic acids is 1. The number of hydrogen-bond acceptors (Lipinski definition) is 4. The molecule has 0 aliphatic carbocycles. The van der Waals surface area contributed by atoms with E-state index < -0.39 is 0 Å². The number of rotatable bonds is 5. The van der Waals surface area contributed by atoms with Crippen molar-refractivity contribution in [2.24, 2.45) is 4.99 Å². The lowest BCUT2D eigenvalue weighted by atomic mass is 10.3. The van der Waals surface area contributed by atoms with Gasteiger partial charge in [0.25, 0.3) is 0 Å². The minimum absolute atomic E-state index is 0. The molecule has 0 atom stereocenters. The molecule has 0 aromatic carbocycles. The zero-order valence-electron chi connectivity index (χ0n) is 14.7. The van der Waals surface area contributed by atoms with Crippen molar-refractivity contribution in [3.63, 3.8) is 0 Å². The van der Waals surface area contributed by atoms with E-state index >= 15 is 0 Å². The predicted molar refractivity (Wildman–Crippen MR) is 111 cm³/mol. The molecule has 2 rings (SSSR count). The number of halogens is 1. The second-order valence-corrected chi connectivity index (χ2v) is 6.73. The number of guanidine groups is 1. The van der Waals surface area contributed by atoms with Crippen LogP contribution in [0.15, 0.2) is 16.4 Å². The molecule has 2 N–H and O–H groups in total. The predicted octanol–water partition coefficient (Wildman–Crippen LogP) is 1.50. The van der Waals surface area contributed by atoms with Crippen molar-refractivity contribution in [3.8, 4) is 0 Å². The Hall–Kier alpha value is -0.870. The largest absolute Gasteiger partial charge is 0.355 e. The molecule has 1 aliphatic rings. The lowest BCUT2D eigenvalue weighted by Gasteiger charge is -2.34. The summed E-state index contributed by atoms with van der Waals surface area (Å²) in [5, 5.41) is 8.82. The molecule has 0 saturated carbocycles. The normalized spacial score (nSPS) is 15.8. The number of hydrogen-bond donors (Lipinski definition) is 2. The van der Waals surface area contributed by atoms with Gasteiger partial charge in [-0.25, -0.2) is 0 Å². The van der Waals surface area contributed by atoms with Crippen LogP contribution in [-0.4, -0.2) is 68.0 Å². The SMILES string of the molecule is CN=C(NCCN1CCN(C(C)=O)CC1)NCc1sccc1C.I. The van der Waals surface area contributed by atoms with Crippen LogP contribution in [0.5, 0.6) is 0 Å². The highest BCUT2D eigenvalue weighted by atomic mass is 127. The standard InChI is InChI=1S/C16H27N5OS.HI/c1-13-4-11-23-15(13)12-19-16(17-3)18-5-6-20-7-9-21(10-8-20)14(2)22;/h4,11H,5-10,12H2,1-3H3,(H2,17,18,19);1H. The fourth-order valence-corrected chi connectivity index (χ4v) is 3.43. The van der Waals surface area contributed by atoms with Crippen molar-refractivity contribution in [2.75, 3.05) is 46.3 Å². The van der Waals surface area contributed by atoms with Crippen molar-refractivity contribution >= 4 is 47.2 Å². The maximum Gasteiger partial charge on any atom is 0.219 e. The lowest BCUT2D eigenvalue weighted by Crippen LogP contribution is -2.50. The summed E-state index contributed by atoms with van der Waals surface area (Å²) in [6.45, 7) is 9.95. The monoisotopic (exact) mass is 465 g/mol. The summed E-state index contributed by atoms with van der Waals surface area (Å²) in [7, 11) is 1.79. The Morgan fingerprint density at radius 3 is 2.54 bits per heavy atom. The molecular formula is C16H28IN5OS. The maximum absolute atomic E-state index is 11.3. The van der Waals surface area contributed by atoms with Crippen LogP contribution in [0, 0.1) is 6.92 Å². The van der Waals surface area contributed by atoms with Gasteiger partial charge in [0.15, 0.2) is 5.96 Å². The van der Waals surface area contributed by atoms with Crippen LogP contribution >= 0.6 is 35.3 Å². The van der Waals surface area contributed by atoms with Gasteiger partial charge < -0.3 is 15.5 Å². The average molecular weight is 465 g/mol. The summed E-state index contributed by atoms with van der Waals surface area (Å²) in [5.41, 5.74) is 1.32. The lowest BCUT2D eigenvalue weighted by molar-refractivity contribution is -0.130. The quantitative estimate of drug-likeness (QED) is 0.393. The molecule has 1 aliphatic heterocycles. The Labute approximate surface area is 165 Å². The molecule has 136 valence electrons. The first-order valence-corrected chi connectivity index (χ1v) is 8.93. The number of piperazine rings is 1. The Kier molecular flexibility index (Phi) is 9.60. The van der Waals surface area contributed by atoms with Crippen LogP contribution < -0.4 is 10.6 Å². The van der Waals surface area contributed by atoms with Gasteiger partial charge in [-0.2, -0.15) is 0 Å². The fraction of sp³-hybridized carbons (Fsp3) is 0.625. The van der Waals surface area contributed by atoms with Crippen molar-refractivity contribution in [3.05, 3.63) is 21.9 Å². The number of amides is 1. The van der Waals surface area contributed by atoms with Gasteiger partial charge in [0.05, 0.1) is 6.54 Å². The molecule has 1 fully saturated rings.